The third kappa shape index (κ3) is 65.2. The van der Waals surface area contributed by atoms with Gasteiger partial charge < -0.3 is 14.2 Å². The first-order chi connectivity index (χ1) is 40.0. The Kier molecular flexibility index (Phi) is 62.5. The number of hydrogen-bond donors (Lipinski definition) is 0. The van der Waals surface area contributed by atoms with Crippen LogP contribution in [0.1, 0.15) is 252 Å². The smallest absolute Gasteiger partial charge is 0.306 e. The minimum Gasteiger partial charge on any atom is -0.462 e. The summed E-state index contributed by atoms with van der Waals surface area (Å²) >= 11 is 0. The Bertz CT molecular complexity index is 1900. The van der Waals surface area contributed by atoms with Gasteiger partial charge in [-0.3, -0.25) is 14.4 Å². The largest absolute Gasteiger partial charge is 0.462 e. The average Bonchev–Trinajstić information content (AvgIpc) is 3.47. The molecule has 0 aromatic heterocycles. The molecule has 0 radical (unpaired) electrons. The van der Waals surface area contributed by atoms with Gasteiger partial charge in [0, 0.05) is 19.3 Å². The van der Waals surface area contributed by atoms with Crippen LogP contribution in [0.2, 0.25) is 0 Å². The summed E-state index contributed by atoms with van der Waals surface area (Å²) in [6, 6.07) is 0. The number of esters is 3. The maximum Gasteiger partial charge on any atom is 0.306 e. The van der Waals surface area contributed by atoms with Crippen molar-refractivity contribution in [1.29, 1.82) is 0 Å². The third-order valence-electron chi connectivity index (χ3n) is 12.9. The third-order valence-corrected chi connectivity index (χ3v) is 12.9. The van der Waals surface area contributed by atoms with Gasteiger partial charge in [0.2, 0.25) is 0 Å². The second-order valence-corrected chi connectivity index (χ2v) is 20.5. The van der Waals surface area contributed by atoms with Crippen LogP contribution in [0.4, 0.5) is 0 Å². The summed E-state index contributed by atoms with van der Waals surface area (Å²) in [6.07, 6.45) is 100. The lowest BCUT2D eigenvalue weighted by atomic mass is 10.1. The van der Waals surface area contributed by atoms with Gasteiger partial charge in [0.05, 0.1) is 0 Å². The van der Waals surface area contributed by atoms with Crippen molar-refractivity contribution in [2.45, 2.75) is 258 Å². The molecule has 0 aromatic carbocycles. The van der Waals surface area contributed by atoms with Crippen molar-refractivity contribution < 1.29 is 28.6 Å². The fraction of sp³-hybridized carbons (Fsp3) is 0.560. The van der Waals surface area contributed by atoms with Crippen LogP contribution in [0, 0.1) is 0 Å². The van der Waals surface area contributed by atoms with Crippen LogP contribution in [0.15, 0.2) is 182 Å². The molecule has 0 aliphatic carbocycles. The van der Waals surface area contributed by atoms with Gasteiger partial charge in [0.1, 0.15) is 13.2 Å². The molecule has 0 aromatic rings. The minimum absolute atomic E-state index is 0.111. The maximum absolute atomic E-state index is 12.9. The van der Waals surface area contributed by atoms with Crippen LogP contribution >= 0.6 is 0 Å². The standard InChI is InChI=1S/C75H116O6/c1-4-7-10-13-16-19-22-24-26-28-30-32-34-36-37-39-40-42-44-46-48-50-53-56-59-62-65-68-74(77)80-71-72(70-79-73(76)67-64-61-58-55-52-21-18-15-12-9-6-3)81-75(78)69-66-63-60-57-54-51-49-47-45-43-41-38-35-33-31-29-27-25-23-20-17-14-11-8-5-2/h7-8,10-11,15-20,24-27,30-33,36-38,40-42,45-48,51,54,72H,4-6,9,12-14,21-23,28-29,34-35,39,43-44,49-50,52-53,55-71H2,1-3H3/b10-7-,11-8-,18-15-,19-16-,20-17-,26-24-,27-25-,32-30-,33-31-,37-36-,41-38-,42-40-,47-45-,48-46-,54-51-. The Hall–Kier alpha value is -5.49. The molecule has 0 saturated carbocycles. The first-order valence-corrected chi connectivity index (χ1v) is 32.3. The number of unbranched alkanes of at least 4 members (excludes halogenated alkanes) is 15. The lowest BCUT2D eigenvalue weighted by molar-refractivity contribution is -0.167. The fourth-order valence-corrected chi connectivity index (χ4v) is 8.09. The fourth-order valence-electron chi connectivity index (χ4n) is 8.09. The molecule has 0 aliphatic heterocycles. The molecule has 0 N–H and O–H groups in total. The Morgan fingerprint density at radius 1 is 0.259 bits per heavy atom. The zero-order chi connectivity index (χ0) is 58.5. The summed E-state index contributed by atoms with van der Waals surface area (Å²) in [7, 11) is 0. The number of ether oxygens (including phenoxy) is 3. The molecule has 6 nitrogen and oxygen atoms in total. The van der Waals surface area contributed by atoms with Gasteiger partial charge in [-0.1, -0.05) is 261 Å². The van der Waals surface area contributed by atoms with E-state index < -0.39 is 6.10 Å². The van der Waals surface area contributed by atoms with Crippen LogP contribution < -0.4 is 0 Å². The van der Waals surface area contributed by atoms with E-state index in [9.17, 15) is 14.4 Å². The number of allylic oxidation sites excluding steroid dienone is 30. The van der Waals surface area contributed by atoms with E-state index >= 15 is 0 Å². The molecule has 0 aliphatic rings. The number of carbonyl (C=O) groups excluding carboxylic acids is 3. The minimum atomic E-state index is -0.819. The molecular formula is C75H116O6. The highest BCUT2D eigenvalue weighted by atomic mass is 16.6. The molecule has 0 amide bonds. The monoisotopic (exact) mass is 1110 g/mol. The van der Waals surface area contributed by atoms with E-state index in [0.717, 1.165) is 180 Å². The van der Waals surface area contributed by atoms with Crippen LogP contribution in [0.3, 0.4) is 0 Å². The van der Waals surface area contributed by atoms with Crippen molar-refractivity contribution in [3.05, 3.63) is 182 Å². The lowest BCUT2D eigenvalue weighted by Crippen LogP contribution is -2.30. The SMILES string of the molecule is CC/C=C\C/C=C\C/C=C\C/C=C\C/C=C\C/C=C\C/C=C\CCCCCCCC(=O)OCC(COC(=O)CCCCCCC/C=C\CCCC)OC(=O)CCCCC/C=C\C/C=C\C/C=C\C/C=C\C/C=C\C/C=C\C/C=C\CC. The molecule has 0 fully saturated rings. The summed E-state index contributed by atoms with van der Waals surface area (Å²) in [5, 5.41) is 0. The molecule has 1 atom stereocenters. The molecule has 81 heavy (non-hydrogen) atoms. The van der Waals surface area contributed by atoms with Crippen LogP contribution in [-0.2, 0) is 28.6 Å². The first-order valence-electron chi connectivity index (χ1n) is 32.3. The van der Waals surface area contributed by atoms with Gasteiger partial charge in [-0.05, 0) is 154 Å². The summed E-state index contributed by atoms with van der Waals surface area (Å²) < 4.78 is 16.8. The van der Waals surface area contributed by atoms with Crippen molar-refractivity contribution in [3.63, 3.8) is 0 Å². The zero-order valence-corrected chi connectivity index (χ0v) is 51.7. The van der Waals surface area contributed by atoms with E-state index in [-0.39, 0.29) is 37.5 Å². The Morgan fingerprint density at radius 2 is 0.481 bits per heavy atom. The van der Waals surface area contributed by atoms with E-state index in [0.29, 0.717) is 19.3 Å². The molecule has 452 valence electrons. The molecule has 0 saturated heterocycles. The topological polar surface area (TPSA) is 78.9 Å². The van der Waals surface area contributed by atoms with Crippen LogP contribution in [0.5, 0.6) is 0 Å². The highest BCUT2D eigenvalue weighted by Gasteiger charge is 2.19. The Morgan fingerprint density at radius 3 is 0.778 bits per heavy atom. The zero-order valence-electron chi connectivity index (χ0n) is 51.7. The van der Waals surface area contributed by atoms with E-state index in [2.05, 4.69) is 203 Å². The molecule has 6 heteroatoms. The molecular weight excluding hydrogens is 997 g/mol. The summed E-state index contributed by atoms with van der Waals surface area (Å²) in [5.41, 5.74) is 0. The molecule has 0 spiro atoms. The van der Waals surface area contributed by atoms with Gasteiger partial charge in [-0.15, -0.1) is 0 Å². The molecule has 1 unspecified atom stereocenters. The molecule has 0 rings (SSSR count). The second-order valence-electron chi connectivity index (χ2n) is 20.5. The Labute approximate surface area is 497 Å². The highest BCUT2D eigenvalue weighted by Crippen LogP contribution is 2.13. The van der Waals surface area contributed by atoms with Crippen molar-refractivity contribution >= 4 is 17.9 Å². The summed E-state index contributed by atoms with van der Waals surface area (Å²) in [5.74, 6) is -0.982. The molecule has 0 heterocycles. The van der Waals surface area contributed by atoms with E-state index in [1.165, 1.54) is 25.7 Å². The predicted molar refractivity (Wildman–Crippen MR) is 352 cm³/mol. The normalized spacial score (nSPS) is 13.4. The van der Waals surface area contributed by atoms with Crippen LogP contribution in [0.25, 0.3) is 0 Å². The van der Waals surface area contributed by atoms with E-state index in [1.807, 2.05) is 0 Å². The van der Waals surface area contributed by atoms with Crippen molar-refractivity contribution in [2.24, 2.45) is 0 Å². The summed E-state index contributed by atoms with van der Waals surface area (Å²) in [4.78, 5) is 38.3. The van der Waals surface area contributed by atoms with Gasteiger partial charge in [0.15, 0.2) is 6.10 Å². The van der Waals surface area contributed by atoms with E-state index in [1.54, 1.807) is 0 Å². The number of hydrogen-bond acceptors (Lipinski definition) is 6. The average molecular weight is 1110 g/mol. The second kappa shape index (κ2) is 67.0. The quantitative estimate of drug-likeness (QED) is 0.0261. The van der Waals surface area contributed by atoms with E-state index in [4.69, 9.17) is 14.2 Å². The number of rotatable bonds is 56. The predicted octanol–water partition coefficient (Wildman–Crippen LogP) is 22.4. The van der Waals surface area contributed by atoms with Crippen LogP contribution in [-0.4, -0.2) is 37.2 Å². The maximum atomic E-state index is 12.9. The first kappa shape index (κ1) is 75.5. The van der Waals surface area contributed by atoms with Crippen molar-refractivity contribution in [2.75, 3.05) is 13.2 Å². The lowest BCUT2D eigenvalue weighted by Gasteiger charge is -2.18. The highest BCUT2D eigenvalue weighted by molar-refractivity contribution is 5.71. The van der Waals surface area contributed by atoms with Crippen molar-refractivity contribution in [3.8, 4) is 0 Å². The van der Waals surface area contributed by atoms with Gasteiger partial charge in [-0.2, -0.15) is 0 Å². The Balaban J connectivity index is 4.45. The van der Waals surface area contributed by atoms with Gasteiger partial charge in [-0.25, -0.2) is 0 Å². The number of carbonyl (C=O) groups is 3. The molecule has 0 bridgehead atoms. The van der Waals surface area contributed by atoms with Gasteiger partial charge in [0.25, 0.3) is 0 Å². The van der Waals surface area contributed by atoms with Crippen molar-refractivity contribution in [1.82, 2.24) is 0 Å². The summed E-state index contributed by atoms with van der Waals surface area (Å²) in [6.45, 7) is 6.31. The van der Waals surface area contributed by atoms with Gasteiger partial charge >= 0.3 is 17.9 Å².